The number of anilines is 1. The molecule has 2 rings (SSSR count). The first-order valence-electron chi connectivity index (χ1n) is 8.61. The van der Waals surface area contributed by atoms with Crippen LogP contribution in [0.4, 0.5) is 10.5 Å². The predicted octanol–water partition coefficient (Wildman–Crippen LogP) is 2.64. The first-order valence-corrected chi connectivity index (χ1v) is 8.61. The molecule has 1 aliphatic rings. The molecule has 0 saturated carbocycles. The minimum absolute atomic E-state index is 0.142. The summed E-state index contributed by atoms with van der Waals surface area (Å²) in [6, 6.07) is 6.96. The lowest BCUT2D eigenvalue weighted by Gasteiger charge is -2.34. The largest absolute Gasteiger partial charge is 0.371 e. The molecule has 0 bridgehead atoms. The second kappa shape index (κ2) is 10.1. The van der Waals surface area contributed by atoms with Crippen molar-refractivity contribution in [3.63, 3.8) is 0 Å². The minimum atomic E-state index is -0.142. The van der Waals surface area contributed by atoms with E-state index in [1.165, 1.54) is 16.8 Å². The van der Waals surface area contributed by atoms with E-state index in [0.717, 1.165) is 25.9 Å². The number of piperidine rings is 1. The van der Waals surface area contributed by atoms with Crippen molar-refractivity contribution >= 4 is 11.7 Å². The zero-order chi connectivity index (χ0) is 17.2. The SMILES string of the molecule is CC.CNC(=O)NCc1cc(C)ccc1N1CCC(NC)CC1. The zero-order valence-corrected chi connectivity index (χ0v) is 15.2. The van der Waals surface area contributed by atoms with Crippen LogP contribution in [0.15, 0.2) is 18.2 Å². The van der Waals surface area contributed by atoms with E-state index in [-0.39, 0.29) is 6.03 Å². The summed E-state index contributed by atoms with van der Waals surface area (Å²) < 4.78 is 0. The molecule has 1 aliphatic heterocycles. The standard InChI is InChI=1S/C16H26N4O.C2H6/c1-12-4-5-15(13(10-12)11-19-16(21)18-3)20-8-6-14(17-2)7-9-20;1-2/h4-5,10,14,17H,6-9,11H2,1-3H3,(H2,18,19,21);1-2H3. The molecule has 5 heteroatoms. The molecule has 1 heterocycles. The monoisotopic (exact) mass is 320 g/mol. The van der Waals surface area contributed by atoms with Crippen molar-refractivity contribution in [1.82, 2.24) is 16.0 Å². The lowest BCUT2D eigenvalue weighted by molar-refractivity contribution is 0.242. The highest BCUT2D eigenvalue weighted by Crippen LogP contribution is 2.25. The molecule has 0 unspecified atom stereocenters. The molecule has 0 aromatic heterocycles. The fourth-order valence-corrected chi connectivity index (χ4v) is 2.84. The molecule has 1 saturated heterocycles. The van der Waals surface area contributed by atoms with Gasteiger partial charge in [-0.2, -0.15) is 0 Å². The molecule has 1 aromatic carbocycles. The van der Waals surface area contributed by atoms with Gasteiger partial charge in [0.2, 0.25) is 0 Å². The van der Waals surface area contributed by atoms with Crippen molar-refractivity contribution in [2.75, 3.05) is 32.1 Å². The topological polar surface area (TPSA) is 56.4 Å². The number of hydrogen-bond donors (Lipinski definition) is 3. The van der Waals surface area contributed by atoms with E-state index in [9.17, 15) is 4.79 Å². The number of amides is 2. The average Bonchev–Trinajstić information content (AvgIpc) is 2.61. The lowest BCUT2D eigenvalue weighted by atomic mass is 10.0. The highest BCUT2D eigenvalue weighted by Gasteiger charge is 2.19. The maximum Gasteiger partial charge on any atom is 0.314 e. The summed E-state index contributed by atoms with van der Waals surface area (Å²) in [7, 11) is 3.67. The Hall–Kier alpha value is -1.75. The van der Waals surface area contributed by atoms with Crippen LogP contribution in [0.2, 0.25) is 0 Å². The molecular weight excluding hydrogens is 288 g/mol. The number of nitrogens with one attached hydrogen (secondary N) is 3. The summed E-state index contributed by atoms with van der Waals surface area (Å²) in [5.41, 5.74) is 3.64. The number of hydrogen-bond acceptors (Lipinski definition) is 3. The molecule has 2 amide bonds. The third kappa shape index (κ3) is 5.75. The van der Waals surface area contributed by atoms with Gasteiger partial charge >= 0.3 is 6.03 Å². The zero-order valence-electron chi connectivity index (χ0n) is 15.2. The molecule has 1 fully saturated rings. The van der Waals surface area contributed by atoms with Gasteiger partial charge in [0.05, 0.1) is 0 Å². The molecule has 3 N–H and O–H groups in total. The average molecular weight is 320 g/mol. The highest BCUT2D eigenvalue weighted by molar-refractivity contribution is 5.73. The number of aryl methyl sites for hydroxylation is 1. The number of carbonyl (C=O) groups is 1. The van der Waals surface area contributed by atoms with Crippen LogP contribution in [-0.2, 0) is 6.54 Å². The van der Waals surface area contributed by atoms with Crippen LogP contribution in [0, 0.1) is 6.92 Å². The van der Waals surface area contributed by atoms with Gasteiger partial charge in [0.1, 0.15) is 0 Å². The van der Waals surface area contributed by atoms with Gasteiger partial charge in [-0.3, -0.25) is 0 Å². The first-order chi connectivity index (χ1) is 11.1. The van der Waals surface area contributed by atoms with Gasteiger partial charge in [0.25, 0.3) is 0 Å². The molecule has 1 aromatic rings. The van der Waals surface area contributed by atoms with Gasteiger partial charge in [-0.25, -0.2) is 4.79 Å². The van der Waals surface area contributed by atoms with E-state index in [1.54, 1.807) is 7.05 Å². The van der Waals surface area contributed by atoms with E-state index in [1.807, 2.05) is 20.9 Å². The van der Waals surface area contributed by atoms with Crippen LogP contribution in [0.5, 0.6) is 0 Å². The Morgan fingerprint density at radius 3 is 2.43 bits per heavy atom. The van der Waals surface area contributed by atoms with Crippen LogP contribution < -0.4 is 20.9 Å². The van der Waals surface area contributed by atoms with E-state index < -0.39 is 0 Å². The van der Waals surface area contributed by atoms with Gasteiger partial charge in [0, 0.05) is 38.4 Å². The fourth-order valence-electron chi connectivity index (χ4n) is 2.84. The van der Waals surface area contributed by atoms with E-state index >= 15 is 0 Å². The maximum absolute atomic E-state index is 11.4. The van der Waals surface area contributed by atoms with Crippen LogP contribution in [0.3, 0.4) is 0 Å². The summed E-state index contributed by atoms with van der Waals surface area (Å²) >= 11 is 0. The van der Waals surface area contributed by atoms with Crippen LogP contribution in [0.1, 0.15) is 37.8 Å². The molecule has 23 heavy (non-hydrogen) atoms. The summed E-state index contributed by atoms with van der Waals surface area (Å²) in [4.78, 5) is 13.8. The van der Waals surface area contributed by atoms with Crippen LogP contribution in [0.25, 0.3) is 0 Å². The Bertz CT molecular complexity index is 482. The number of urea groups is 1. The number of rotatable bonds is 4. The summed E-state index contributed by atoms with van der Waals surface area (Å²) in [6.45, 7) is 8.76. The Morgan fingerprint density at radius 2 is 1.87 bits per heavy atom. The van der Waals surface area contributed by atoms with Crippen molar-refractivity contribution in [1.29, 1.82) is 0 Å². The predicted molar refractivity (Wildman–Crippen MR) is 98.1 cm³/mol. The maximum atomic E-state index is 11.4. The number of benzene rings is 1. The second-order valence-corrected chi connectivity index (χ2v) is 5.61. The van der Waals surface area contributed by atoms with Gasteiger partial charge in [-0.1, -0.05) is 31.5 Å². The van der Waals surface area contributed by atoms with E-state index in [0.29, 0.717) is 12.6 Å². The molecule has 5 nitrogen and oxygen atoms in total. The molecule has 0 spiro atoms. The van der Waals surface area contributed by atoms with E-state index in [4.69, 9.17) is 0 Å². The van der Waals surface area contributed by atoms with Gasteiger partial charge in [0.15, 0.2) is 0 Å². The molecular formula is C18H32N4O. The van der Waals surface area contributed by atoms with Gasteiger partial charge < -0.3 is 20.9 Å². The Balaban J connectivity index is 0.00000127. The van der Waals surface area contributed by atoms with Crippen molar-refractivity contribution < 1.29 is 4.79 Å². The fraction of sp³-hybridized carbons (Fsp3) is 0.611. The first kappa shape index (κ1) is 19.3. The second-order valence-electron chi connectivity index (χ2n) is 5.61. The number of carbonyl (C=O) groups excluding carboxylic acids is 1. The van der Waals surface area contributed by atoms with Crippen molar-refractivity contribution in [3.05, 3.63) is 29.3 Å². The summed E-state index contributed by atoms with van der Waals surface area (Å²) in [5.74, 6) is 0. The Kier molecular flexibility index (Phi) is 8.48. The lowest BCUT2D eigenvalue weighted by Crippen LogP contribution is -2.41. The van der Waals surface area contributed by atoms with Gasteiger partial charge in [-0.15, -0.1) is 0 Å². The summed E-state index contributed by atoms with van der Waals surface area (Å²) in [6.07, 6.45) is 2.32. The smallest absolute Gasteiger partial charge is 0.314 e. The molecule has 0 atom stereocenters. The third-order valence-corrected chi connectivity index (χ3v) is 4.15. The molecule has 0 aliphatic carbocycles. The normalized spacial score (nSPS) is 14.7. The van der Waals surface area contributed by atoms with E-state index in [2.05, 4.69) is 46.0 Å². The third-order valence-electron chi connectivity index (χ3n) is 4.15. The number of nitrogens with zero attached hydrogens (tertiary/aromatic N) is 1. The highest BCUT2D eigenvalue weighted by atomic mass is 16.2. The molecule has 130 valence electrons. The van der Waals surface area contributed by atoms with Crippen LogP contribution >= 0.6 is 0 Å². The Labute approximate surface area is 140 Å². The summed E-state index contributed by atoms with van der Waals surface area (Å²) in [5, 5.41) is 8.83. The minimum Gasteiger partial charge on any atom is -0.371 e. The van der Waals surface area contributed by atoms with Crippen LogP contribution in [-0.4, -0.2) is 39.3 Å². The van der Waals surface area contributed by atoms with Crippen molar-refractivity contribution in [3.8, 4) is 0 Å². The van der Waals surface area contributed by atoms with Crippen molar-refractivity contribution in [2.24, 2.45) is 0 Å². The Morgan fingerprint density at radius 1 is 1.22 bits per heavy atom. The quantitative estimate of drug-likeness (QED) is 0.799. The van der Waals surface area contributed by atoms with Gasteiger partial charge in [-0.05, 0) is 38.4 Å². The van der Waals surface area contributed by atoms with Crippen molar-refractivity contribution in [2.45, 2.75) is 46.2 Å². The molecule has 0 radical (unpaired) electrons.